The van der Waals surface area contributed by atoms with E-state index in [0.29, 0.717) is 52.0 Å². The predicted molar refractivity (Wildman–Crippen MR) is 183 cm³/mol. The summed E-state index contributed by atoms with van der Waals surface area (Å²) in [6.45, 7) is 7.61. The molecule has 0 radical (unpaired) electrons. The van der Waals surface area contributed by atoms with Crippen LogP contribution in [0.25, 0.3) is 27.7 Å². The maximum Gasteiger partial charge on any atom is 0.282 e. The van der Waals surface area contributed by atoms with Crippen LogP contribution in [0, 0.1) is 0 Å². The number of anilines is 3. The van der Waals surface area contributed by atoms with Crippen molar-refractivity contribution >= 4 is 34.3 Å². The number of nitrogens with zero attached hydrogens (tertiary/aromatic N) is 8. The average molecular weight is 648 g/mol. The molecule has 8 rings (SSSR count). The van der Waals surface area contributed by atoms with E-state index in [0.717, 1.165) is 75.4 Å². The maximum atomic E-state index is 13.6. The first-order valence-electron chi connectivity index (χ1n) is 16.5. The summed E-state index contributed by atoms with van der Waals surface area (Å²) < 4.78 is 10.2. The molecule has 13 nitrogen and oxygen atoms in total. The lowest BCUT2D eigenvalue weighted by atomic mass is 10.0. The van der Waals surface area contributed by atoms with E-state index in [1.807, 2.05) is 24.5 Å². The van der Waals surface area contributed by atoms with Gasteiger partial charge < -0.3 is 24.1 Å². The van der Waals surface area contributed by atoms with Gasteiger partial charge in [0.1, 0.15) is 11.5 Å². The van der Waals surface area contributed by atoms with Gasteiger partial charge in [0.05, 0.1) is 42.7 Å². The van der Waals surface area contributed by atoms with Crippen molar-refractivity contribution in [2.24, 2.45) is 7.05 Å². The van der Waals surface area contributed by atoms with Crippen LogP contribution in [0.5, 0.6) is 0 Å². The van der Waals surface area contributed by atoms with Gasteiger partial charge in [-0.2, -0.15) is 9.78 Å². The summed E-state index contributed by atoms with van der Waals surface area (Å²) in [5.74, 6) is 0.805. The van der Waals surface area contributed by atoms with Crippen molar-refractivity contribution < 1.29 is 9.53 Å². The number of ether oxygens (including phenoxy) is 1. The van der Waals surface area contributed by atoms with Crippen LogP contribution in [-0.2, 0) is 24.8 Å². The number of piperazine rings is 1. The Morgan fingerprint density at radius 2 is 1.83 bits per heavy atom. The van der Waals surface area contributed by atoms with E-state index in [2.05, 4.69) is 41.7 Å². The van der Waals surface area contributed by atoms with Gasteiger partial charge >= 0.3 is 0 Å². The predicted octanol–water partition coefficient (Wildman–Crippen LogP) is 3.14. The zero-order valence-electron chi connectivity index (χ0n) is 27.0. The van der Waals surface area contributed by atoms with Crippen molar-refractivity contribution in [3.8, 4) is 16.9 Å². The molecule has 0 amide bonds. The minimum Gasteiger partial charge on any atom is -0.378 e. The fourth-order valence-electron chi connectivity index (χ4n) is 7.19. The molecule has 246 valence electrons. The number of hydrogen-bond donors (Lipinski definition) is 1. The lowest BCUT2D eigenvalue weighted by molar-refractivity contribution is -0.0691. The van der Waals surface area contributed by atoms with Gasteiger partial charge in [-0.1, -0.05) is 0 Å². The van der Waals surface area contributed by atoms with Crippen molar-refractivity contribution in [2.45, 2.75) is 44.8 Å². The largest absolute Gasteiger partial charge is 0.378 e. The van der Waals surface area contributed by atoms with Crippen molar-refractivity contribution in [1.82, 2.24) is 33.8 Å². The number of aldehydes is 1. The molecule has 2 saturated heterocycles. The topological polar surface area (TPSA) is 132 Å². The van der Waals surface area contributed by atoms with Crippen LogP contribution in [0.1, 0.15) is 35.8 Å². The molecule has 0 bridgehead atoms. The smallest absolute Gasteiger partial charge is 0.282 e. The molecule has 8 heterocycles. The van der Waals surface area contributed by atoms with E-state index >= 15 is 0 Å². The van der Waals surface area contributed by atoms with E-state index in [-0.39, 0.29) is 16.9 Å². The Hall–Kier alpha value is -5.14. The van der Waals surface area contributed by atoms with Gasteiger partial charge in [-0.15, -0.1) is 0 Å². The summed E-state index contributed by atoms with van der Waals surface area (Å²) in [4.78, 5) is 52.9. The Kier molecular flexibility index (Phi) is 7.64. The summed E-state index contributed by atoms with van der Waals surface area (Å²) in [6, 6.07) is 8.11. The number of carbonyl (C=O) groups excluding carboxylic acids is 1. The van der Waals surface area contributed by atoms with Gasteiger partial charge in [0.2, 0.25) is 0 Å². The molecule has 13 heteroatoms. The Morgan fingerprint density at radius 1 is 0.958 bits per heavy atom. The SMILES string of the molecule is CC1CN(C2COC2)CCN1c1ccc(Nc2cc(-c3cc(-n4ncc5c6n(cc5c4=O)CCCC6)ncc3C=O)cn(C)c2=O)nc1. The van der Waals surface area contributed by atoms with Crippen molar-refractivity contribution in [2.75, 3.05) is 43.1 Å². The van der Waals surface area contributed by atoms with Gasteiger partial charge in [0, 0.05) is 80.1 Å². The van der Waals surface area contributed by atoms with Crippen molar-refractivity contribution in [3.63, 3.8) is 0 Å². The molecule has 5 aromatic heterocycles. The van der Waals surface area contributed by atoms with Crippen LogP contribution in [-0.4, -0.2) is 85.0 Å². The third kappa shape index (κ3) is 5.28. The van der Waals surface area contributed by atoms with E-state index in [9.17, 15) is 14.4 Å². The lowest BCUT2D eigenvalue weighted by Gasteiger charge is -2.46. The summed E-state index contributed by atoms with van der Waals surface area (Å²) in [6.07, 6.45) is 12.4. The number of hydrogen-bond acceptors (Lipinski definition) is 10. The molecule has 2 fully saturated rings. The highest BCUT2D eigenvalue weighted by atomic mass is 16.5. The first kappa shape index (κ1) is 30.2. The average Bonchev–Trinajstić information content (AvgIpc) is 3.46. The molecule has 0 saturated carbocycles. The second kappa shape index (κ2) is 12.1. The van der Waals surface area contributed by atoms with E-state index in [1.165, 1.54) is 15.4 Å². The lowest BCUT2D eigenvalue weighted by Crippen LogP contribution is -2.59. The first-order chi connectivity index (χ1) is 23.4. The van der Waals surface area contributed by atoms with E-state index in [4.69, 9.17) is 4.74 Å². The van der Waals surface area contributed by atoms with E-state index in [1.54, 1.807) is 31.6 Å². The van der Waals surface area contributed by atoms with Crippen molar-refractivity contribution in [1.29, 1.82) is 0 Å². The van der Waals surface area contributed by atoms with Crippen LogP contribution < -0.4 is 21.3 Å². The van der Waals surface area contributed by atoms with Gasteiger partial charge in [0.15, 0.2) is 12.1 Å². The standard InChI is InChI=1S/C35H37N9O4/c1-22-16-41(26-20-48-21-26)9-10-43(22)25-6-7-32(36-14-25)39-30-11-23(17-40(2)35(30)47)27-12-33(37-13-24(27)19-45)44-34(46)29-18-42-8-4-3-5-31(42)28(29)15-38-44/h6-7,11-15,17-19,22,26H,3-5,8-10,16,20-21H2,1-2H3,(H,36,39). The fourth-order valence-corrected chi connectivity index (χ4v) is 7.19. The van der Waals surface area contributed by atoms with Gasteiger partial charge in [-0.05, 0) is 56.0 Å². The molecule has 1 atom stereocenters. The molecule has 0 spiro atoms. The van der Waals surface area contributed by atoms with Gasteiger partial charge in [-0.3, -0.25) is 19.3 Å². The maximum absolute atomic E-state index is 13.6. The molecule has 0 aromatic carbocycles. The van der Waals surface area contributed by atoms with E-state index < -0.39 is 0 Å². The monoisotopic (exact) mass is 647 g/mol. The molecular formula is C35H37N9O4. The number of rotatable bonds is 7. The fraction of sp³-hybridized carbons (Fsp3) is 0.371. The highest BCUT2D eigenvalue weighted by molar-refractivity contribution is 5.88. The van der Waals surface area contributed by atoms with Crippen LogP contribution >= 0.6 is 0 Å². The molecule has 48 heavy (non-hydrogen) atoms. The molecule has 1 N–H and O–H groups in total. The molecule has 3 aliphatic heterocycles. The Bertz CT molecular complexity index is 2150. The van der Waals surface area contributed by atoms with Crippen LogP contribution in [0.3, 0.4) is 0 Å². The highest BCUT2D eigenvalue weighted by Gasteiger charge is 2.32. The highest BCUT2D eigenvalue weighted by Crippen LogP contribution is 2.29. The number of aryl methyl sites for hydroxylation is 3. The zero-order valence-corrected chi connectivity index (χ0v) is 27.0. The normalized spacial score (nSPS) is 18.5. The number of pyridine rings is 3. The third-order valence-electron chi connectivity index (χ3n) is 9.92. The van der Waals surface area contributed by atoms with Gasteiger partial charge in [-0.25, -0.2) is 9.97 Å². The molecule has 5 aromatic rings. The number of carbonyl (C=O) groups is 1. The quantitative estimate of drug-likeness (QED) is 0.263. The van der Waals surface area contributed by atoms with Gasteiger partial charge in [0.25, 0.3) is 11.1 Å². The first-order valence-corrected chi connectivity index (χ1v) is 16.5. The minimum absolute atomic E-state index is 0.253. The molecular weight excluding hydrogens is 610 g/mol. The summed E-state index contributed by atoms with van der Waals surface area (Å²) in [7, 11) is 1.65. The van der Waals surface area contributed by atoms with Crippen molar-refractivity contribution in [3.05, 3.63) is 87.2 Å². The second-order valence-electron chi connectivity index (χ2n) is 13.0. The Morgan fingerprint density at radius 3 is 2.58 bits per heavy atom. The van der Waals surface area contributed by atoms with Crippen LogP contribution in [0.15, 0.2) is 64.8 Å². The molecule has 1 unspecified atom stereocenters. The number of fused-ring (bicyclic) bond motifs is 3. The zero-order chi connectivity index (χ0) is 32.9. The Labute approximate surface area is 276 Å². The van der Waals surface area contributed by atoms with Crippen LogP contribution in [0.4, 0.5) is 17.2 Å². The summed E-state index contributed by atoms with van der Waals surface area (Å²) in [5, 5.41) is 9.11. The number of nitrogens with one attached hydrogen (secondary N) is 1. The Balaban J connectivity index is 1.08. The minimum atomic E-state index is -0.270. The summed E-state index contributed by atoms with van der Waals surface area (Å²) >= 11 is 0. The molecule has 3 aliphatic rings. The second-order valence-corrected chi connectivity index (χ2v) is 13.0. The van der Waals surface area contributed by atoms with Crippen LogP contribution in [0.2, 0.25) is 0 Å². The third-order valence-corrected chi connectivity index (χ3v) is 9.92. The molecule has 0 aliphatic carbocycles. The summed E-state index contributed by atoms with van der Waals surface area (Å²) in [5.41, 5.74) is 3.37. The number of aromatic nitrogens is 6.